The normalized spacial score (nSPS) is 11.2. The Kier molecular flexibility index (Phi) is 7.76. The van der Waals surface area contributed by atoms with Crippen LogP contribution in [0, 0.1) is 5.92 Å². The van der Waals surface area contributed by atoms with E-state index in [9.17, 15) is 13.6 Å². The minimum absolute atomic E-state index is 0.0827. The van der Waals surface area contributed by atoms with Crippen LogP contribution in [0.15, 0.2) is 59.1 Å². The lowest BCUT2D eigenvalue weighted by molar-refractivity contribution is -0.121. The third-order valence-electron chi connectivity index (χ3n) is 4.64. The number of aromatic nitrogens is 1. The molecule has 0 saturated carbocycles. The van der Waals surface area contributed by atoms with E-state index in [1.807, 2.05) is 12.1 Å². The Balaban J connectivity index is 1.45. The molecule has 0 spiro atoms. The predicted molar refractivity (Wildman–Crippen MR) is 114 cm³/mol. The summed E-state index contributed by atoms with van der Waals surface area (Å²) in [5.41, 5.74) is 3.02. The lowest BCUT2D eigenvalue weighted by Crippen LogP contribution is -2.23. The van der Waals surface area contributed by atoms with Crippen molar-refractivity contribution in [1.82, 2.24) is 10.3 Å². The Morgan fingerprint density at radius 2 is 1.74 bits per heavy atom. The highest BCUT2D eigenvalue weighted by molar-refractivity contribution is 5.76. The van der Waals surface area contributed by atoms with E-state index >= 15 is 0 Å². The first kappa shape index (κ1) is 22.5. The van der Waals surface area contributed by atoms with Gasteiger partial charge >= 0.3 is 6.61 Å². The van der Waals surface area contributed by atoms with Gasteiger partial charge in [0.25, 0.3) is 0 Å². The van der Waals surface area contributed by atoms with Crippen LogP contribution >= 0.6 is 0 Å². The van der Waals surface area contributed by atoms with Crippen molar-refractivity contribution in [3.05, 3.63) is 71.7 Å². The van der Waals surface area contributed by atoms with Crippen molar-refractivity contribution in [2.24, 2.45) is 5.92 Å². The van der Waals surface area contributed by atoms with Crippen LogP contribution in [0.2, 0.25) is 0 Å². The number of ether oxygens (including phenoxy) is 1. The second-order valence-corrected chi connectivity index (χ2v) is 7.71. The van der Waals surface area contributed by atoms with Gasteiger partial charge in [-0.3, -0.25) is 4.79 Å². The summed E-state index contributed by atoms with van der Waals surface area (Å²) in [6.45, 7) is 1.82. The average molecular weight is 428 g/mol. The molecular weight excluding hydrogens is 402 g/mol. The molecular formula is C24H26F2N2O3. The maximum absolute atomic E-state index is 12.2. The van der Waals surface area contributed by atoms with Crippen molar-refractivity contribution in [2.75, 3.05) is 0 Å². The fraction of sp³-hybridized carbons (Fsp3) is 0.333. The molecule has 1 amide bonds. The zero-order valence-electron chi connectivity index (χ0n) is 17.6. The van der Waals surface area contributed by atoms with Crippen molar-refractivity contribution < 1.29 is 22.7 Å². The number of alkyl halides is 2. The van der Waals surface area contributed by atoms with E-state index in [0.717, 1.165) is 17.5 Å². The summed E-state index contributed by atoms with van der Waals surface area (Å²) in [6, 6.07) is 14.4. The predicted octanol–water partition coefficient (Wildman–Crippen LogP) is 5.39. The summed E-state index contributed by atoms with van der Waals surface area (Å²) in [5.74, 6) is 1.72. The third-order valence-corrected chi connectivity index (χ3v) is 4.64. The lowest BCUT2D eigenvalue weighted by Gasteiger charge is -2.07. The van der Waals surface area contributed by atoms with Crippen molar-refractivity contribution >= 4 is 5.91 Å². The van der Waals surface area contributed by atoms with Gasteiger partial charge in [-0.15, -0.1) is 0 Å². The van der Waals surface area contributed by atoms with Gasteiger partial charge in [-0.1, -0.05) is 50.2 Å². The molecule has 0 saturated heterocycles. The molecule has 0 aliphatic heterocycles. The topological polar surface area (TPSA) is 64.4 Å². The number of hydrogen-bond donors (Lipinski definition) is 1. The van der Waals surface area contributed by atoms with Crippen molar-refractivity contribution in [1.29, 1.82) is 0 Å². The lowest BCUT2D eigenvalue weighted by atomic mass is 10.0. The molecule has 1 N–H and O–H groups in total. The van der Waals surface area contributed by atoms with E-state index in [2.05, 4.69) is 41.0 Å². The molecule has 0 fully saturated rings. The van der Waals surface area contributed by atoms with Crippen LogP contribution in [-0.2, 0) is 24.2 Å². The minimum Gasteiger partial charge on any atom is -0.441 e. The van der Waals surface area contributed by atoms with Crippen LogP contribution in [0.25, 0.3) is 11.3 Å². The molecule has 3 aromatic rings. The smallest absolute Gasteiger partial charge is 0.387 e. The number of nitrogens with one attached hydrogen (secondary N) is 1. The van der Waals surface area contributed by atoms with Gasteiger partial charge in [0.1, 0.15) is 5.75 Å². The molecule has 0 bridgehead atoms. The van der Waals surface area contributed by atoms with Crippen LogP contribution in [0.1, 0.15) is 37.3 Å². The quantitative estimate of drug-likeness (QED) is 0.470. The van der Waals surface area contributed by atoms with Crippen molar-refractivity contribution in [2.45, 2.75) is 46.3 Å². The highest BCUT2D eigenvalue weighted by atomic mass is 19.3. The van der Waals surface area contributed by atoms with Gasteiger partial charge in [0.05, 0.1) is 6.20 Å². The summed E-state index contributed by atoms with van der Waals surface area (Å²) in [7, 11) is 0. The van der Waals surface area contributed by atoms with E-state index in [-0.39, 0.29) is 18.1 Å². The number of amides is 1. The first-order valence-electron chi connectivity index (χ1n) is 10.2. The van der Waals surface area contributed by atoms with E-state index < -0.39 is 6.61 Å². The molecule has 31 heavy (non-hydrogen) atoms. The number of hydrogen-bond acceptors (Lipinski definition) is 4. The standard InChI is InChI=1S/C24H26F2N2O3/c1-16(2)13-17-3-7-19(8-4-17)21-15-28-23(31-21)12-11-22(29)27-14-18-5-9-20(10-6-18)30-24(25)26/h3-10,15-16,24H,11-14H2,1-2H3,(H,27,29). The zero-order chi connectivity index (χ0) is 22.2. The van der Waals surface area contributed by atoms with E-state index in [1.165, 1.54) is 17.7 Å². The fourth-order valence-corrected chi connectivity index (χ4v) is 3.13. The number of carbonyl (C=O) groups excluding carboxylic acids is 1. The first-order chi connectivity index (χ1) is 14.9. The Morgan fingerprint density at radius 3 is 2.39 bits per heavy atom. The van der Waals surface area contributed by atoms with Crippen LogP contribution in [0.5, 0.6) is 5.75 Å². The molecule has 2 aromatic carbocycles. The Labute approximate surface area is 180 Å². The highest BCUT2D eigenvalue weighted by Gasteiger charge is 2.10. The molecule has 5 nitrogen and oxygen atoms in total. The highest BCUT2D eigenvalue weighted by Crippen LogP contribution is 2.22. The first-order valence-corrected chi connectivity index (χ1v) is 10.2. The van der Waals surface area contributed by atoms with Crippen LogP contribution < -0.4 is 10.1 Å². The monoisotopic (exact) mass is 428 g/mol. The number of halogens is 2. The van der Waals surface area contributed by atoms with Gasteiger partial charge < -0.3 is 14.5 Å². The maximum Gasteiger partial charge on any atom is 0.387 e. The van der Waals surface area contributed by atoms with Crippen LogP contribution in [-0.4, -0.2) is 17.5 Å². The molecule has 1 heterocycles. The third kappa shape index (κ3) is 7.20. The summed E-state index contributed by atoms with van der Waals surface area (Å²) in [6.07, 6.45) is 3.33. The number of carbonyl (C=O) groups is 1. The van der Waals surface area contributed by atoms with E-state index in [4.69, 9.17) is 4.42 Å². The minimum atomic E-state index is -2.86. The molecule has 1 aromatic heterocycles. The second kappa shape index (κ2) is 10.7. The summed E-state index contributed by atoms with van der Waals surface area (Å²) in [4.78, 5) is 16.4. The van der Waals surface area contributed by atoms with Crippen molar-refractivity contribution in [3.63, 3.8) is 0 Å². The SMILES string of the molecule is CC(C)Cc1ccc(-c2cnc(CCC(=O)NCc3ccc(OC(F)F)cc3)o2)cc1. The van der Waals surface area contributed by atoms with Gasteiger partial charge in [-0.05, 0) is 35.6 Å². The largest absolute Gasteiger partial charge is 0.441 e. The van der Waals surface area contributed by atoms with Crippen molar-refractivity contribution in [3.8, 4) is 17.1 Å². The van der Waals surface area contributed by atoms with Gasteiger partial charge in [0, 0.05) is 24.9 Å². The molecule has 0 aliphatic carbocycles. The number of rotatable bonds is 10. The maximum atomic E-state index is 12.2. The number of benzene rings is 2. The van der Waals surface area contributed by atoms with Gasteiger partial charge in [0.15, 0.2) is 11.7 Å². The average Bonchev–Trinajstić information content (AvgIpc) is 3.20. The molecule has 3 rings (SSSR count). The zero-order valence-corrected chi connectivity index (χ0v) is 17.6. The van der Waals surface area contributed by atoms with Crippen LogP contribution in [0.3, 0.4) is 0 Å². The van der Waals surface area contributed by atoms with E-state index in [0.29, 0.717) is 30.5 Å². The van der Waals surface area contributed by atoms with Gasteiger partial charge in [-0.2, -0.15) is 8.78 Å². The second-order valence-electron chi connectivity index (χ2n) is 7.71. The fourth-order valence-electron chi connectivity index (χ4n) is 3.13. The molecule has 7 heteroatoms. The van der Waals surface area contributed by atoms with Gasteiger partial charge in [-0.25, -0.2) is 4.98 Å². The van der Waals surface area contributed by atoms with Crippen LogP contribution in [0.4, 0.5) is 8.78 Å². The number of nitrogens with zero attached hydrogens (tertiary/aromatic N) is 1. The van der Waals surface area contributed by atoms with Gasteiger partial charge in [0.2, 0.25) is 5.91 Å². The summed E-state index contributed by atoms with van der Waals surface area (Å²) < 4.78 is 34.4. The van der Waals surface area contributed by atoms with E-state index in [1.54, 1.807) is 18.3 Å². The Bertz CT molecular complexity index is 967. The molecule has 0 aliphatic rings. The summed E-state index contributed by atoms with van der Waals surface area (Å²) in [5, 5.41) is 2.79. The summed E-state index contributed by atoms with van der Waals surface area (Å²) >= 11 is 0. The molecule has 0 atom stereocenters. The number of oxazole rings is 1. The molecule has 0 unspecified atom stereocenters. The Morgan fingerprint density at radius 1 is 1.06 bits per heavy atom. The molecule has 164 valence electrons. The number of aryl methyl sites for hydroxylation is 1. The molecule has 0 radical (unpaired) electrons. The Hall–Kier alpha value is -3.22.